The number of sulfone groups is 1. The zero-order valence-electron chi connectivity index (χ0n) is 12.3. The number of anilines is 2. The van der Waals surface area contributed by atoms with E-state index in [1.807, 2.05) is 19.1 Å². The van der Waals surface area contributed by atoms with Crippen LogP contribution < -0.4 is 10.6 Å². The summed E-state index contributed by atoms with van der Waals surface area (Å²) in [5, 5.41) is 0. The SMILES string of the molecule is CCCS(=O)(=O)CCN1C(=O)CCCc2cc(N)ccc21. The highest BCUT2D eigenvalue weighted by Crippen LogP contribution is 2.28. The minimum absolute atomic E-state index is 0.00906. The zero-order valence-corrected chi connectivity index (χ0v) is 13.2. The largest absolute Gasteiger partial charge is 0.399 e. The van der Waals surface area contributed by atoms with Gasteiger partial charge in [0, 0.05) is 30.1 Å². The minimum Gasteiger partial charge on any atom is -0.399 e. The van der Waals surface area contributed by atoms with Gasteiger partial charge in [-0.3, -0.25) is 4.79 Å². The van der Waals surface area contributed by atoms with Gasteiger partial charge < -0.3 is 10.6 Å². The van der Waals surface area contributed by atoms with Gasteiger partial charge in [0.1, 0.15) is 0 Å². The number of nitrogens with two attached hydrogens (primary N) is 1. The van der Waals surface area contributed by atoms with E-state index in [1.165, 1.54) is 0 Å². The first-order chi connectivity index (χ1) is 9.93. The van der Waals surface area contributed by atoms with Gasteiger partial charge in [-0.1, -0.05) is 6.92 Å². The lowest BCUT2D eigenvalue weighted by Crippen LogP contribution is -2.35. The normalized spacial score (nSPS) is 15.7. The topological polar surface area (TPSA) is 80.5 Å². The van der Waals surface area contributed by atoms with Crippen molar-refractivity contribution in [3.8, 4) is 0 Å². The molecule has 1 aliphatic heterocycles. The Balaban J connectivity index is 2.23. The number of hydrogen-bond donors (Lipinski definition) is 1. The van der Waals surface area contributed by atoms with Crippen LogP contribution >= 0.6 is 0 Å². The van der Waals surface area contributed by atoms with Crippen LogP contribution in [0.4, 0.5) is 11.4 Å². The molecule has 0 radical (unpaired) electrons. The van der Waals surface area contributed by atoms with E-state index in [4.69, 9.17) is 5.73 Å². The molecule has 6 heteroatoms. The molecule has 0 fully saturated rings. The summed E-state index contributed by atoms with van der Waals surface area (Å²) in [6.07, 6.45) is 2.61. The molecule has 1 heterocycles. The smallest absolute Gasteiger partial charge is 0.227 e. The fraction of sp³-hybridized carbons (Fsp3) is 0.533. The standard InChI is InChI=1S/C15H22N2O3S/c1-2-9-21(19,20)10-8-17-14-7-6-13(16)11-12(14)4-3-5-15(17)18/h6-7,11H,2-5,8-10,16H2,1H3. The molecule has 0 saturated carbocycles. The Morgan fingerprint density at radius 1 is 1.24 bits per heavy atom. The maximum Gasteiger partial charge on any atom is 0.227 e. The molecule has 5 nitrogen and oxygen atoms in total. The fourth-order valence-corrected chi connectivity index (χ4v) is 3.94. The van der Waals surface area contributed by atoms with E-state index in [1.54, 1.807) is 11.0 Å². The predicted molar refractivity (Wildman–Crippen MR) is 85.1 cm³/mol. The van der Waals surface area contributed by atoms with Crippen molar-refractivity contribution in [3.05, 3.63) is 23.8 Å². The lowest BCUT2D eigenvalue weighted by Gasteiger charge is -2.23. The number of benzene rings is 1. The van der Waals surface area contributed by atoms with E-state index >= 15 is 0 Å². The van der Waals surface area contributed by atoms with Crippen molar-refractivity contribution in [2.75, 3.05) is 28.7 Å². The molecule has 1 amide bonds. The summed E-state index contributed by atoms with van der Waals surface area (Å²) < 4.78 is 23.7. The first-order valence-electron chi connectivity index (χ1n) is 7.32. The second kappa shape index (κ2) is 6.47. The lowest BCUT2D eigenvalue weighted by atomic mass is 10.1. The van der Waals surface area contributed by atoms with Crippen molar-refractivity contribution < 1.29 is 13.2 Å². The number of carbonyl (C=O) groups excluding carboxylic acids is 1. The fourth-order valence-electron chi connectivity index (χ4n) is 2.66. The highest BCUT2D eigenvalue weighted by Gasteiger charge is 2.23. The Labute approximate surface area is 126 Å². The van der Waals surface area contributed by atoms with Crippen molar-refractivity contribution >= 4 is 27.1 Å². The molecular formula is C15H22N2O3S. The Morgan fingerprint density at radius 2 is 2.00 bits per heavy atom. The maximum absolute atomic E-state index is 12.2. The monoisotopic (exact) mass is 310 g/mol. The Kier molecular flexibility index (Phi) is 4.88. The molecule has 21 heavy (non-hydrogen) atoms. The second-order valence-corrected chi connectivity index (χ2v) is 7.74. The molecule has 0 atom stereocenters. The molecule has 2 rings (SSSR count). The number of fused-ring (bicyclic) bond motifs is 1. The van der Waals surface area contributed by atoms with Crippen LogP contribution in [0.15, 0.2) is 18.2 Å². The number of hydrogen-bond acceptors (Lipinski definition) is 4. The molecular weight excluding hydrogens is 288 g/mol. The van der Waals surface area contributed by atoms with E-state index in [0.29, 0.717) is 18.5 Å². The average Bonchev–Trinajstić information content (AvgIpc) is 2.55. The van der Waals surface area contributed by atoms with Crippen LogP contribution in [0.25, 0.3) is 0 Å². The van der Waals surface area contributed by atoms with Gasteiger partial charge in [0.2, 0.25) is 5.91 Å². The molecule has 1 aromatic rings. The number of rotatable bonds is 5. The first kappa shape index (κ1) is 15.8. The van der Waals surface area contributed by atoms with E-state index in [2.05, 4.69) is 0 Å². The number of nitrogen functional groups attached to an aromatic ring is 1. The number of carbonyl (C=O) groups is 1. The Morgan fingerprint density at radius 3 is 2.71 bits per heavy atom. The highest BCUT2D eigenvalue weighted by atomic mass is 32.2. The third-order valence-electron chi connectivity index (χ3n) is 3.67. The zero-order chi connectivity index (χ0) is 15.5. The second-order valence-electron chi connectivity index (χ2n) is 5.44. The third kappa shape index (κ3) is 3.97. The summed E-state index contributed by atoms with van der Waals surface area (Å²) in [6, 6.07) is 5.45. The van der Waals surface area contributed by atoms with Crippen LogP contribution in [-0.2, 0) is 21.1 Å². The third-order valence-corrected chi connectivity index (χ3v) is 5.51. The summed E-state index contributed by atoms with van der Waals surface area (Å²) in [7, 11) is -3.10. The van der Waals surface area contributed by atoms with E-state index in [0.717, 1.165) is 24.1 Å². The quantitative estimate of drug-likeness (QED) is 0.840. The maximum atomic E-state index is 12.2. The van der Waals surface area contributed by atoms with Gasteiger partial charge in [0.25, 0.3) is 0 Å². The summed E-state index contributed by atoms with van der Waals surface area (Å²) in [5.74, 6) is 0.172. The van der Waals surface area contributed by atoms with E-state index in [9.17, 15) is 13.2 Å². The predicted octanol–water partition coefficient (Wildman–Crippen LogP) is 1.76. The minimum atomic E-state index is -3.10. The van der Waals surface area contributed by atoms with Gasteiger partial charge in [-0.25, -0.2) is 8.42 Å². The summed E-state index contributed by atoms with van der Waals surface area (Å²) in [6.45, 7) is 2.06. The molecule has 1 aromatic carbocycles. The summed E-state index contributed by atoms with van der Waals surface area (Å²) in [5.41, 5.74) is 8.29. The van der Waals surface area contributed by atoms with Gasteiger partial charge in [0.05, 0.1) is 5.75 Å². The van der Waals surface area contributed by atoms with Gasteiger partial charge in [0.15, 0.2) is 9.84 Å². The molecule has 0 spiro atoms. The van der Waals surface area contributed by atoms with E-state index < -0.39 is 9.84 Å². The molecule has 0 aromatic heterocycles. The summed E-state index contributed by atoms with van der Waals surface area (Å²) in [4.78, 5) is 13.8. The van der Waals surface area contributed by atoms with Gasteiger partial charge in [-0.15, -0.1) is 0 Å². The van der Waals surface area contributed by atoms with Crippen molar-refractivity contribution in [3.63, 3.8) is 0 Å². The van der Waals surface area contributed by atoms with E-state index in [-0.39, 0.29) is 24.0 Å². The van der Waals surface area contributed by atoms with Gasteiger partial charge in [-0.05, 0) is 43.0 Å². The molecule has 0 saturated heterocycles. The van der Waals surface area contributed by atoms with Crippen LogP contribution in [-0.4, -0.2) is 32.4 Å². The van der Waals surface area contributed by atoms with Crippen LogP contribution in [0.1, 0.15) is 31.7 Å². The molecule has 0 bridgehead atoms. The highest BCUT2D eigenvalue weighted by molar-refractivity contribution is 7.91. The van der Waals surface area contributed by atoms with Crippen molar-refractivity contribution in [1.82, 2.24) is 0 Å². The number of aryl methyl sites for hydroxylation is 1. The van der Waals surface area contributed by atoms with Crippen LogP contribution in [0.3, 0.4) is 0 Å². The van der Waals surface area contributed by atoms with Crippen molar-refractivity contribution in [2.45, 2.75) is 32.6 Å². The van der Waals surface area contributed by atoms with Crippen molar-refractivity contribution in [2.24, 2.45) is 0 Å². The molecule has 0 aliphatic carbocycles. The molecule has 0 unspecified atom stereocenters. The van der Waals surface area contributed by atoms with Crippen LogP contribution in [0.5, 0.6) is 0 Å². The molecule has 116 valence electrons. The van der Waals surface area contributed by atoms with Gasteiger partial charge >= 0.3 is 0 Å². The number of amides is 1. The van der Waals surface area contributed by atoms with Crippen LogP contribution in [0, 0.1) is 0 Å². The van der Waals surface area contributed by atoms with Gasteiger partial charge in [-0.2, -0.15) is 0 Å². The van der Waals surface area contributed by atoms with Crippen molar-refractivity contribution in [1.29, 1.82) is 0 Å². The Hall–Kier alpha value is -1.56. The lowest BCUT2D eigenvalue weighted by molar-refractivity contribution is -0.118. The Bertz CT molecular complexity index is 626. The molecule has 1 aliphatic rings. The van der Waals surface area contributed by atoms with Crippen LogP contribution in [0.2, 0.25) is 0 Å². The number of nitrogens with zero attached hydrogens (tertiary/aromatic N) is 1. The average molecular weight is 310 g/mol. The molecule has 2 N–H and O–H groups in total. The first-order valence-corrected chi connectivity index (χ1v) is 9.14. The summed E-state index contributed by atoms with van der Waals surface area (Å²) >= 11 is 0.